The molecule has 0 radical (unpaired) electrons. The molecule has 3 atom stereocenters. The normalized spacial score (nSPS) is 11.7. The summed E-state index contributed by atoms with van der Waals surface area (Å²) in [4.78, 5) is 49.9. The number of carbonyl (C=O) groups excluding carboxylic acids is 3. The Morgan fingerprint density at radius 1 is 0.630 bits per heavy atom. The first-order valence-corrected chi connectivity index (χ1v) is 23.0. The van der Waals surface area contributed by atoms with Crippen molar-refractivity contribution in [1.82, 2.24) is 49.8 Å². The number of anilines is 1. The van der Waals surface area contributed by atoms with Gasteiger partial charge in [0.2, 0.25) is 0 Å². The standard InChI is InChI=1S/C20H23N5O2.C14H16N2O3.C12H12N2O3.C6H8N2O2/c1-13-8-19(21)24-14(2)17(13)10-22-20(27)16-9-23-25(11-16)18(12-26)15-6-4-3-5-7-15;1-2-19-14(18)12-8-15-16(9-12)13(10-17)11-6-4-3-5-7-11;15-8-11(9-4-2-1-3-5-9)14-7-10(6-13-14)12(16)17;1-2-10-6(9)5-3-7-8-4-5/h3-9,11,18,26H,10,12H2,1-2H3,(H2,21,24)(H,22,27);3-9,13,17H,2,10H2,1H3;1-7,11,15H,8H2,(H,16,17);3-4H,2H2,1H3,(H,7,8). The van der Waals surface area contributed by atoms with Gasteiger partial charge < -0.3 is 41.0 Å². The second kappa shape index (κ2) is 28.2. The van der Waals surface area contributed by atoms with Crippen molar-refractivity contribution in [3.63, 3.8) is 0 Å². The molecular weight excluding hydrogens is 939 g/mol. The lowest BCUT2D eigenvalue weighted by atomic mass is 10.1. The second-order valence-corrected chi connectivity index (χ2v) is 15.8. The van der Waals surface area contributed by atoms with Crippen LogP contribution in [-0.2, 0) is 16.0 Å². The quantitative estimate of drug-likeness (QED) is 0.0564. The van der Waals surface area contributed by atoms with Gasteiger partial charge in [-0.2, -0.15) is 20.4 Å². The van der Waals surface area contributed by atoms with Crippen molar-refractivity contribution >= 4 is 29.6 Å². The molecule has 0 bridgehead atoms. The monoisotopic (exact) mass is 997 g/mol. The third-order valence-corrected chi connectivity index (χ3v) is 10.9. The number of aromatic amines is 1. The number of nitrogens with two attached hydrogens (primary N) is 1. The molecule has 73 heavy (non-hydrogen) atoms. The number of nitrogens with one attached hydrogen (secondary N) is 2. The van der Waals surface area contributed by atoms with E-state index in [0.717, 1.165) is 33.5 Å². The number of carboxylic acid groups (broad SMARTS) is 1. The van der Waals surface area contributed by atoms with Crippen LogP contribution in [0.4, 0.5) is 5.82 Å². The number of hydrogen-bond donors (Lipinski definition) is 7. The largest absolute Gasteiger partial charge is 0.478 e. The molecule has 0 aliphatic rings. The maximum absolute atomic E-state index is 12.5. The second-order valence-electron chi connectivity index (χ2n) is 15.8. The Hall–Kier alpha value is -8.79. The minimum absolute atomic E-state index is 0.0893. The molecule has 0 saturated carbocycles. The molecule has 5 aromatic heterocycles. The fourth-order valence-corrected chi connectivity index (χ4v) is 7.13. The number of rotatable bonds is 17. The number of benzene rings is 3. The van der Waals surface area contributed by atoms with E-state index in [2.05, 4.69) is 40.5 Å². The molecule has 5 heterocycles. The van der Waals surface area contributed by atoms with Crippen molar-refractivity contribution in [1.29, 1.82) is 0 Å². The zero-order chi connectivity index (χ0) is 52.7. The predicted molar refractivity (Wildman–Crippen MR) is 268 cm³/mol. The van der Waals surface area contributed by atoms with Gasteiger partial charge in [0.15, 0.2) is 0 Å². The molecule has 8 N–H and O–H groups in total. The van der Waals surface area contributed by atoms with E-state index in [1.165, 1.54) is 41.9 Å². The molecule has 3 aromatic carbocycles. The third kappa shape index (κ3) is 15.9. The van der Waals surface area contributed by atoms with Crippen LogP contribution >= 0.6 is 0 Å². The van der Waals surface area contributed by atoms with Gasteiger partial charge in [0.25, 0.3) is 5.91 Å². The van der Waals surface area contributed by atoms with Crippen molar-refractivity contribution in [2.75, 3.05) is 38.8 Å². The van der Waals surface area contributed by atoms with Gasteiger partial charge in [-0.05, 0) is 61.6 Å². The van der Waals surface area contributed by atoms with Gasteiger partial charge in [-0.3, -0.25) is 23.9 Å². The van der Waals surface area contributed by atoms with Crippen molar-refractivity contribution in [2.24, 2.45) is 0 Å². The first kappa shape index (κ1) is 55.1. The van der Waals surface area contributed by atoms with Crippen LogP contribution in [0.2, 0.25) is 0 Å². The van der Waals surface area contributed by atoms with Crippen LogP contribution in [0.25, 0.3) is 0 Å². The SMILES string of the molecule is CCOC(=O)c1cn[nH]c1.CCOC(=O)c1cnn(C(CO)c2ccccc2)c1.Cc1cc(N)nc(C)c1CNC(=O)c1cnn(C(CO)c2ccccc2)c1.O=C(O)c1cnn(C(CO)c2ccccc2)c1. The maximum atomic E-state index is 12.5. The van der Waals surface area contributed by atoms with Crippen LogP contribution in [0, 0.1) is 13.8 Å². The van der Waals surface area contributed by atoms with Crippen molar-refractivity contribution in [3.05, 3.63) is 202 Å². The van der Waals surface area contributed by atoms with E-state index >= 15 is 0 Å². The summed E-state index contributed by atoms with van der Waals surface area (Å²) in [7, 11) is 0. The van der Waals surface area contributed by atoms with Gasteiger partial charge in [0.05, 0.1) is 98.2 Å². The van der Waals surface area contributed by atoms with E-state index in [0.29, 0.717) is 42.3 Å². The predicted octanol–water partition coefficient (Wildman–Crippen LogP) is 5.38. The Labute approximate surface area is 420 Å². The minimum atomic E-state index is -1.03. The summed E-state index contributed by atoms with van der Waals surface area (Å²) >= 11 is 0. The molecule has 0 aliphatic heterocycles. The lowest BCUT2D eigenvalue weighted by molar-refractivity contribution is 0.0516. The molecule has 8 aromatic rings. The molecule has 21 heteroatoms. The third-order valence-electron chi connectivity index (χ3n) is 10.9. The summed E-state index contributed by atoms with van der Waals surface area (Å²) in [5, 5.41) is 58.8. The van der Waals surface area contributed by atoms with Crippen LogP contribution in [-0.4, -0.2) is 122 Å². The van der Waals surface area contributed by atoms with E-state index in [1.54, 1.807) is 41.7 Å². The zero-order valence-corrected chi connectivity index (χ0v) is 40.7. The summed E-state index contributed by atoms with van der Waals surface area (Å²) < 4.78 is 14.2. The number of aryl methyl sites for hydroxylation is 2. The highest BCUT2D eigenvalue weighted by molar-refractivity contribution is 5.93. The van der Waals surface area contributed by atoms with E-state index in [4.69, 9.17) is 15.6 Å². The maximum Gasteiger partial charge on any atom is 0.341 e. The number of amides is 1. The molecule has 0 fully saturated rings. The Morgan fingerprint density at radius 3 is 1.45 bits per heavy atom. The van der Waals surface area contributed by atoms with E-state index in [1.807, 2.05) is 105 Å². The molecular formula is C52H59N11O10. The fraction of sp³-hybridized carbons (Fsp3) is 0.250. The summed E-state index contributed by atoms with van der Waals surface area (Å²) in [6, 6.07) is 29.2. The molecule has 0 saturated heterocycles. The minimum Gasteiger partial charge on any atom is -0.478 e. The number of H-pyrrole nitrogens is 1. The molecule has 382 valence electrons. The number of carboxylic acids is 1. The number of aliphatic hydroxyl groups excluding tert-OH is 3. The highest BCUT2D eigenvalue weighted by atomic mass is 16.5. The highest BCUT2D eigenvalue weighted by Gasteiger charge is 2.19. The smallest absolute Gasteiger partial charge is 0.341 e. The van der Waals surface area contributed by atoms with Crippen LogP contribution in [0.5, 0.6) is 0 Å². The average molecular weight is 998 g/mol. The summed E-state index contributed by atoms with van der Waals surface area (Å²) in [5.74, 6) is -1.53. The van der Waals surface area contributed by atoms with Crippen LogP contribution in [0.3, 0.4) is 0 Å². The number of carbonyl (C=O) groups is 4. The van der Waals surface area contributed by atoms with Gasteiger partial charge in [0, 0.05) is 37.0 Å². The van der Waals surface area contributed by atoms with E-state index in [9.17, 15) is 34.5 Å². The number of aliphatic hydroxyl groups is 3. The van der Waals surface area contributed by atoms with Crippen LogP contribution in [0.1, 0.15) is 107 Å². The molecule has 3 unspecified atom stereocenters. The first-order chi connectivity index (χ1) is 35.3. The number of nitrogen functional groups attached to an aromatic ring is 1. The van der Waals surface area contributed by atoms with Crippen LogP contribution in [0.15, 0.2) is 147 Å². The fourth-order valence-electron chi connectivity index (χ4n) is 7.13. The lowest BCUT2D eigenvalue weighted by Crippen LogP contribution is -2.24. The summed E-state index contributed by atoms with van der Waals surface area (Å²) in [6.07, 6.45) is 11.8. The molecule has 0 spiro atoms. The van der Waals surface area contributed by atoms with E-state index in [-0.39, 0.29) is 55.4 Å². The molecule has 0 aliphatic carbocycles. The summed E-state index contributed by atoms with van der Waals surface area (Å²) in [6.45, 7) is 8.07. The van der Waals surface area contributed by atoms with Gasteiger partial charge >= 0.3 is 17.9 Å². The zero-order valence-electron chi connectivity index (χ0n) is 40.7. The number of pyridine rings is 1. The number of aromatic nitrogens is 9. The first-order valence-electron chi connectivity index (χ1n) is 23.0. The highest BCUT2D eigenvalue weighted by Crippen LogP contribution is 2.21. The number of aromatic carboxylic acids is 1. The molecule has 1 amide bonds. The molecule has 8 rings (SSSR count). The van der Waals surface area contributed by atoms with Gasteiger partial charge in [-0.15, -0.1) is 0 Å². The Balaban J connectivity index is 0.000000190. The van der Waals surface area contributed by atoms with Crippen molar-refractivity contribution in [2.45, 2.75) is 52.4 Å². The van der Waals surface area contributed by atoms with E-state index < -0.39 is 11.9 Å². The van der Waals surface area contributed by atoms with Gasteiger partial charge in [0.1, 0.15) is 5.82 Å². The van der Waals surface area contributed by atoms with Crippen LogP contribution < -0.4 is 11.1 Å². The summed E-state index contributed by atoms with van der Waals surface area (Å²) in [5.41, 5.74) is 12.6. The number of esters is 2. The Morgan fingerprint density at radius 2 is 1.05 bits per heavy atom. The number of nitrogens with zero attached hydrogens (tertiary/aromatic N) is 8. The number of ether oxygens (including phenoxy) is 2. The topological polar surface area (TPSA) is 301 Å². The van der Waals surface area contributed by atoms with Gasteiger partial charge in [-0.25, -0.2) is 19.4 Å². The van der Waals surface area contributed by atoms with Gasteiger partial charge in [-0.1, -0.05) is 91.0 Å². The Kier molecular flexibility index (Phi) is 21.3. The Bertz CT molecular complexity index is 2920. The lowest BCUT2D eigenvalue weighted by Gasteiger charge is -2.15. The number of hydrogen-bond acceptors (Lipinski definition) is 15. The molecule has 21 nitrogen and oxygen atoms in total. The average Bonchev–Trinajstić information content (AvgIpc) is 4.26. The van der Waals surface area contributed by atoms with Crippen molar-refractivity contribution in [3.8, 4) is 0 Å². The van der Waals surface area contributed by atoms with Crippen molar-refractivity contribution < 1.29 is 49.1 Å².